The van der Waals surface area contributed by atoms with Crippen molar-refractivity contribution in [3.05, 3.63) is 45.9 Å². The molecule has 0 saturated heterocycles. The highest BCUT2D eigenvalue weighted by atomic mass is 32.1. The molecule has 26 heavy (non-hydrogen) atoms. The minimum absolute atomic E-state index is 0.222. The molecule has 3 aliphatic carbocycles. The Bertz CT molecular complexity index is 721. The molecule has 0 aromatic carbocycles. The van der Waals surface area contributed by atoms with Crippen molar-refractivity contribution in [1.29, 1.82) is 0 Å². The third-order valence-corrected chi connectivity index (χ3v) is 7.45. The maximum absolute atomic E-state index is 10.1. The Morgan fingerprint density at radius 2 is 2.04 bits per heavy atom. The monoisotopic (exact) mass is 372 g/mol. The van der Waals surface area contributed by atoms with Crippen LogP contribution in [0, 0.1) is 17.0 Å². The summed E-state index contributed by atoms with van der Waals surface area (Å²) in [5.74, 6) is 0.575. The van der Waals surface area contributed by atoms with Crippen molar-refractivity contribution in [2.24, 2.45) is 11.3 Å². The van der Waals surface area contributed by atoms with E-state index in [0.717, 1.165) is 17.6 Å². The molecule has 142 valence electrons. The molecule has 3 fully saturated rings. The van der Waals surface area contributed by atoms with E-state index in [4.69, 9.17) is 5.69 Å². The highest BCUT2D eigenvalue weighted by Crippen LogP contribution is 2.56. The molecule has 0 aromatic rings. The Morgan fingerprint density at radius 3 is 2.77 bits per heavy atom. The lowest BCUT2D eigenvalue weighted by molar-refractivity contribution is 0.0862. The van der Waals surface area contributed by atoms with E-state index in [1.165, 1.54) is 53.8 Å². The van der Waals surface area contributed by atoms with Gasteiger partial charge in [0.15, 0.2) is 0 Å². The minimum Gasteiger partial charge on any atom is -0.393 e. The fraction of sp³-hybridized carbons (Fsp3) is 0.609. The molecule has 2 N–H and O–H groups in total. The predicted molar refractivity (Wildman–Crippen MR) is 111 cm³/mol. The Hall–Kier alpha value is -1.12. The SMILES string of the molecule is C#S/C(C)=C1\CCCC2/C(=C/C=C3/C[C@@H](O)C[C@H](O)C3=C)CCC[C@]12C. The predicted octanol–water partition coefficient (Wildman–Crippen LogP) is 5.50. The van der Waals surface area contributed by atoms with Gasteiger partial charge in [0, 0.05) is 11.3 Å². The first kappa shape index (κ1) is 19.6. The number of hydrogen-bond donors (Lipinski definition) is 2. The van der Waals surface area contributed by atoms with Crippen molar-refractivity contribution in [2.45, 2.75) is 77.4 Å². The van der Waals surface area contributed by atoms with Crippen molar-refractivity contribution in [1.82, 2.24) is 0 Å². The molecule has 3 heteroatoms. The third-order valence-electron chi connectivity index (χ3n) is 6.85. The zero-order chi connectivity index (χ0) is 18.9. The minimum atomic E-state index is -0.617. The van der Waals surface area contributed by atoms with E-state index in [2.05, 4.69) is 32.6 Å². The lowest BCUT2D eigenvalue weighted by Gasteiger charge is -2.49. The van der Waals surface area contributed by atoms with Gasteiger partial charge >= 0.3 is 0 Å². The van der Waals surface area contributed by atoms with Gasteiger partial charge in [-0.3, -0.25) is 0 Å². The molecule has 0 spiro atoms. The van der Waals surface area contributed by atoms with Crippen molar-refractivity contribution < 1.29 is 10.2 Å². The van der Waals surface area contributed by atoms with Crippen LogP contribution in [0.5, 0.6) is 0 Å². The average Bonchev–Trinajstić information content (AvgIpc) is 2.61. The molecule has 3 aliphatic rings. The number of allylic oxidation sites excluding steroid dienone is 5. The summed E-state index contributed by atoms with van der Waals surface area (Å²) in [6, 6.07) is 0. The largest absolute Gasteiger partial charge is 0.393 e. The first-order valence-corrected chi connectivity index (χ1v) is 10.8. The van der Waals surface area contributed by atoms with E-state index in [-0.39, 0.29) is 5.41 Å². The molecule has 0 aromatic heterocycles. The van der Waals surface area contributed by atoms with Crippen molar-refractivity contribution >= 4 is 11.2 Å². The fourth-order valence-corrected chi connectivity index (χ4v) is 5.84. The van der Waals surface area contributed by atoms with Crippen LogP contribution < -0.4 is 0 Å². The molecule has 3 saturated carbocycles. The van der Waals surface area contributed by atoms with E-state index in [0.29, 0.717) is 18.8 Å². The molecule has 0 bridgehead atoms. The van der Waals surface area contributed by atoms with Gasteiger partial charge in [0.25, 0.3) is 0 Å². The first-order chi connectivity index (χ1) is 12.4. The van der Waals surface area contributed by atoms with Crippen molar-refractivity contribution in [2.75, 3.05) is 0 Å². The van der Waals surface area contributed by atoms with Crippen LogP contribution in [0.1, 0.15) is 65.2 Å². The Morgan fingerprint density at radius 1 is 1.27 bits per heavy atom. The van der Waals surface area contributed by atoms with E-state index in [1.54, 1.807) is 5.57 Å². The van der Waals surface area contributed by atoms with Gasteiger partial charge in [-0.25, -0.2) is 0 Å². The van der Waals surface area contributed by atoms with Gasteiger partial charge in [0.05, 0.1) is 12.2 Å². The lowest BCUT2D eigenvalue weighted by atomic mass is 9.56. The molecule has 0 radical (unpaired) electrons. The summed E-state index contributed by atoms with van der Waals surface area (Å²) in [4.78, 5) is 1.30. The standard InChI is InChI=1S/C23H32O2S/c1-15-18(13-19(24)14-22(15)25)11-10-17-7-6-12-23(3)20(16(2)26-4)8-5-9-21(17)23/h4,10-11,19,21-22,24-25H,1,5-9,12-14H2,2-3H3/b17-10+,18-11-,20-16+/t19-,21?,22+,23-/m1/s1. The number of rotatable bonds is 1. The molecule has 3 rings (SSSR count). The topological polar surface area (TPSA) is 40.5 Å². The third kappa shape index (κ3) is 3.64. The zero-order valence-electron chi connectivity index (χ0n) is 16.1. The van der Waals surface area contributed by atoms with Crippen LogP contribution in [0.4, 0.5) is 0 Å². The molecule has 4 atom stereocenters. The van der Waals surface area contributed by atoms with Gasteiger partial charge in [0.1, 0.15) is 0 Å². The van der Waals surface area contributed by atoms with E-state index in [1.807, 2.05) is 0 Å². The summed E-state index contributed by atoms with van der Waals surface area (Å²) < 4.78 is 0. The molecular weight excluding hydrogens is 340 g/mol. The summed E-state index contributed by atoms with van der Waals surface area (Å²) in [6.45, 7) is 8.63. The van der Waals surface area contributed by atoms with Crippen LogP contribution in [0.25, 0.3) is 0 Å². The summed E-state index contributed by atoms with van der Waals surface area (Å²) >= 11 is 1.40. The van der Waals surface area contributed by atoms with Gasteiger partial charge in [-0.15, -0.1) is 16.9 Å². The summed E-state index contributed by atoms with van der Waals surface area (Å²) in [5, 5.41) is 20.0. The number of aliphatic hydroxyl groups excluding tert-OH is 2. The Balaban J connectivity index is 1.91. The summed E-state index contributed by atoms with van der Waals surface area (Å²) in [6.07, 6.45) is 11.5. The second-order valence-electron chi connectivity index (χ2n) is 8.44. The van der Waals surface area contributed by atoms with Crippen LogP contribution in [0.3, 0.4) is 0 Å². The van der Waals surface area contributed by atoms with Gasteiger partial charge in [-0.1, -0.05) is 36.8 Å². The highest BCUT2D eigenvalue weighted by molar-refractivity contribution is 7.92. The molecule has 0 heterocycles. The maximum atomic E-state index is 10.1. The number of fused-ring (bicyclic) bond motifs is 1. The van der Waals surface area contributed by atoms with Gasteiger partial charge in [-0.05, 0) is 74.3 Å². The number of aliphatic hydroxyl groups is 2. The molecule has 2 nitrogen and oxygen atoms in total. The van der Waals surface area contributed by atoms with Gasteiger partial charge < -0.3 is 10.2 Å². The summed E-state index contributed by atoms with van der Waals surface area (Å²) in [7, 11) is 0. The van der Waals surface area contributed by atoms with Gasteiger partial charge in [0.2, 0.25) is 0 Å². The first-order valence-electron chi connectivity index (χ1n) is 9.88. The summed E-state index contributed by atoms with van der Waals surface area (Å²) in [5.41, 5.74) is 11.0. The van der Waals surface area contributed by atoms with Crippen LogP contribution in [0.15, 0.2) is 45.9 Å². The van der Waals surface area contributed by atoms with Crippen molar-refractivity contribution in [3.8, 4) is 5.69 Å². The van der Waals surface area contributed by atoms with Gasteiger partial charge in [-0.2, -0.15) is 0 Å². The lowest BCUT2D eigenvalue weighted by Crippen LogP contribution is -2.37. The number of hydrogen-bond acceptors (Lipinski definition) is 2. The Kier molecular flexibility index (Phi) is 5.94. The Labute approximate surface area is 162 Å². The van der Waals surface area contributed by atoms with E-state index in [9.17, 15) is 10.2 Å². The molecule has 0 aliphatic heterocycles. The zero-order valence-corrected chi connectivity index (χ0v) is 16.9. The smallest absolute Gasteiger partial charge is 0.0811 e. The fourth-order valence-electron chi connectivity index (χ4n) is 5.36. The maximum Gasteiger partial charge on any atom is 0.0811 e. The quantitative estimate of drug-likeness (QED) is 0.638. The van der Waals surface area contributed by atoms with Crippen LogP contribution >= 0.6 is 11.2 Å². The molecular formula is C23H32O2S. The van der Waals surface area contributed by atoms with Crippen molar-refractivity contribution in [3.63, 3.8) is 0 Å². The van der Waals surface area contributed by atoms with Crippen LogP contribution in [-0.4, -0.2) is 22.4 Å². The van der Waals surface area contributed by atoms with Crippen LogP contribution in [-0.2, 0) is 0 Å². The molecule has 0 amide bonds. The van der Waals surface area contributed by atoms with Crippen LogP contribution in [0.2, 0.25) is 0 Å². The normalized spacial score (nSPS) is 40.4. The van der Waals surface area contributed by atoms with E-state index < -0.39 is 12.2 Å². The highest BCUT2D eigenvalue weighted by Gasteiger charge is 2.44. The average molecular weight is 373 g/mol. The second-order valence-corrected chi connectivity index (χ2v) is 9.28. The molecule has 1 unspecified atom stereocenters. The van der Waals surface area contributed by atoms with E-state index >= 15 is 0 Å². The second kappa shape index (κ2) is 7.86.